The number of carbonyl (C=O) groups excluding carboxylic acids is 1. The maximum absolute atomic E-state index is 13.5. The lowest BCUT2D eigenvalue weighted by Gasteiger charge is -2.06. The van der Waals surface area contributed by atoms with Gasteiger partial charge in [0.1, 0.15) is 0 Å². The third-order valence-corrected chi connectivity index (χ3v) is 2.62. The average molecular weight is 245 g/mol. The summed E-state index contributed by atoms with van der Waals surface area (Å²) in [6.07, 6.45) is 0. The van der Waals surface area contributed by atoms with E-state index in [1.54, 1.807) is 24.3 Å². The molecule has 0 atom stereocenters. The van der Waals surface area contributed by atoms with Crippen LogP contribution in [0.3, 0.4) is 0 Å². The second-order valence-corrected chi connectivity index (χ2v) is 3.77. The van der Waals surface area contributed by atoms with Crippen LogP contribution in [-0.4, -0.2) is 12.9 Å². The van der Waals surface area contributed by atoms with Gasteiger partial charge in [-0.05, 0) is 30.3 Å². The smallest absolute Gasteiger partial charge is 0.195 e. The van der Waals surface area contributed by atoms with Gasteiger partial charge < -0.3 is 10.5 Å². The van der Waals surface area contributed by atoms with Crippen LogP contribution in [-0.2, 0) is 0 Å². The van der Waals surface area contributed by atoms with Crippen LogP contribution in [0.25, 0.3) is 0 Å². The Balaban J connectivity index is 2.41. The molecular weight excluding hydrogens is 233 g/mol. The van der Waals surface area contributed by atoms with Gasteiger partial charge in [0, 0.05) is 16.8 Å². The first kappa shape index (κ1) is 12.1. The van der Waals surface area contributed by atoms with Crippen LogP contribution in [0.5, 0.6) is 5.75 Å². The van der Waals surface area contributed by atoms with E-state index in [1.807, 2.05) is 0 Å². The number of nitrogens with two attached hydrogens (primary N) is 1. The molecule has 0 spiro atoms. The van der Waals surface area contributed by atoms with E-state index in [4.69, 9.17) is 10.5 Å². The van der Waals surface area contributed by atoms with Crippen LogP contribution in [0.15, 0.2) is 42.5 Å². The number of ketones is 1. The van der Waals surface area contributed by atoms with Crippen LogP contribution < -0.4 is 10.5 Å². The van der Waals surface area contributed by atoms with Crippen molar-refractivity contribution in [2.24, 2.45) is 0 Å². The quantitative estimate of drug-likeness (QED) is 0.668. The molecule has 4 heteroatoms. The predicted octanol–water partition coefficient (Wildman–Crippen LogP) is 2.65. The zero-order chi connectivity index (χ0) is 13.1. The standard InChI is InChI=1S/C14H12FNO2/c1-18-13-7-6-9(8-11(13)15)14(17)10-4-2-3-5-12(10)16/h2-8H,16H2,1H3. The number of carbonyl (C=O) groups is 1. The van der Waals surface area contributed by atoms with Crippen molar-refractivity contribution < 1.29 is 13.9 Å². The summed E-state index contributed by atoms with van der Waals surface area (Å²) < 4.78 is 18.3. The molecule has 0 heterocycles. The molecular formula is C14H12FNO2. The zero-order valence-corrected chi connectivity index (χ0v) is 9.81. The van der Waals surface area contributed by atoms with Crippen molar-refractivity contribution >= 4 is 11.5 Å². The SMILES string of the molecule is COc1ccc(C(=O)c2ccccc2N)cc1F. The number of benzene rings is 2. The molecule has 18 heavy (non-hydrogen) atoms. The van der Waals surface area contributed by atoms with Gasteiger partial charge in [0.2, 0.25) is 0 Å². The van der Waals surface area contributed by atoms with E-state index >= 15 is 0 Å². The predicted molar refractivity (Wildman–Crippen MR) is 67.2 cm³/mol. The summed E-state index contributed by atoms with van der Waals surface area (Å²) in [5, 5.41) is 0. The van der Waals surface area contributed by atoms with Crippen LogP contribution in [0, 0.1) is 5.82 Å². The van der Waals surface area contributed by atoms with Gasteiger partial charge in [-0.15, -0.1) is 0 Å². The first-order valence-corrected chi connectivity index (χ1v) is 5.36. The van der Waals surface area contributed by atoms with Gasteiger partial charge >= 0.3 is 0 Å². The van der Waals surface area contributed by atoms with E-state index in [1.165, 1.54) is 19.2 Å². The Labute approximate surface area is 104 Å². The van der Waals surface area contributed by atoms with Crippen LogP contribution >= 0.6 is 0 Å². The molecule has 2 N–H and O–H groups in total. The minimum atomic E-state index is -0.571. The Morgan fingerprint density at radius 2 is 1.94 bits per heavy atom. The zero-order valence-electron chi connectivity index (χ0n) is 9.81. The molecule has 2 aromatic carbocycles. The number of anilines is 1. The minimum absolute atomic E-state index is 0.104. The van der Waals surface area contributed by atoms with E-state index in [-0.39, 0.29) is 17.1 Å². The third-order valence-electron chi connectivity index (χ3n) is 2.62. The van der Waals surface area contributed by atoms with Crippen molar-refractivity contribution in [3.8, 4) is 5.75 Å². The number of para-hydroxylation sites is 1. The Hall–Kier alpha value is -2.36. The molecule has 0 saturated heterocycles. The maximum Gasteiger partial charge on any atom is 0.195 e. The third kappa shape index (κ3) is 2.18. The first-order valence-electron chi connectivity index (χ1n) is 5.36. The Morgan fingerprint density at radius 3 is 2.56 bits per heavy atom. The van der Waals surface area contributed by atoms with Crippen molar-refractivity contribution in [1.29, 1.82) is 0 Å². The van der Waals surface area contributed by atoms with E-state index in [9.17, 15) is 9.18 Å². The van der Waals surface area contributed by atoms with Crippen LogP contribution in [0.1, 0.15) is 15.9 Å². The first-order chi connectivity index (χ1) is 8.63. The fourth-order valence-electron chi connectivity index (χ4n) is 1.67. The number of rotatable bonds is 3. The number of methoxy groups -OCH3 is 1. The minimum Gasteiger partial charge on any atom is -0.494 e. The molecule has 0 saturated carbocycles. The summed E-state index contributed by atoms with van der Waals surface area (Å²) in [5.74, 6) is -0.778. The average Bonchev–Trinajstić information content (AvgIpc) is 2.38. The molecule has 0 radical (unpaired) electrons. The molecule has 2 aromatic rings. The highest BCUT2D eigenvalue weighted by Crippen LogP contribution is 2.21. The summed E-state index contributed by atoms with van der Waals surface area (Å²) in [7, 11) is 1.37. The summed E-state index contributed by atoms with van der Waals surface area (Å²) >= 11 is 0. The molecule has 0 aliphatic heterocycles. The largest absolute Gasteiger partial charge is 0.494 e. The van der Waals surface area contributed by atoms with E-state index in [0.29, 0.717) is 11.3 Å². The van der Waals surface area contributed by atoms with Crippen LogP contribution in [0.2, 0.25) is 0 Å². The van der Waals surface area contributed by atoms with Crippen molar-refractivity contribution in [3.05, 3.63) is 59.4 Å². The molecule has 0 unspecified atom stereocenters. The number of hydrogen-bond donors (Lipinski definition) is 1. The number of hydrogen-bond acceptors (Lipinski definition) is 3. The van der Waals surface area contributed by atoms with Crippen molar-refractivity contribution in [1.82, 2.24) is 0 Å². The molecule has 0 aliphatic rings. The van der Waals surface area contributed by atoms with Crippen molar-refractivity contribution in [3.63, 3.8) is 0 Å². The normalized spacial score (nSPS) is 10.1. The van der Waals surface area contributed by atoms with Crippen molar-refractivity contribution in [2.75, 3.05) is 12.8 Å². The lowest BCUT2D eigenvalue weighted by molar-refractivity contribution is 0.103. The Bertz CT molecular complexity index is 596. The summed E-state index contributed by atoms with van der Waals surface area (Å²) in [6, 6.07) is 10.8. The number of halogens is 1. The monoisotopic (exact) mass is 245 g/mol. The van der Waals surface area contributed by atoms with Gasteiger partial charge in [-0.1, -0.05) is 12.1 Å². The van der Waals surface area contributed by atoms with E-state index in [2.05, 4.69) is 0 Å². The topological polar surface area (TPSA) is 52.3 Å². The molecule has 3 nitrogen and oxygen atoms in total. The fourth-order valence-corrected chi connectivity index (χ4v) is 1.67. The highest BCUT2D eigenvalue weighted by atomic mass is 19.1. The van der Waals surface area contributed by atoms with Gasteiger partial charge in [-0.3, -0.25) is 4.79 Å². The Kier molecular flexibility index (Phi) is 3.28. The van der Waals surface area contributed by atoms with Gasteiger partial charge in [0.25, 0.3) is 0 Å². The lowest BCUT2D eigenvalue weighted by Crippen LogP contribution is -2.05. The van der Waals surface area contributed by atoms with Gasteiger partial charge in [-0.25, -0.2) is 4.39 Å². The van der Waals surface area contributed by atoms with Gasteiger partial charge in [0.15, 0.2) is 17.3 Å². The lowest BCUT2D eigenvalue weighted by atomic mass is 10.0. The molecule has 0 aromatic heterocycles. The van der Waals surface area contributed by atoms with E-state index in [0.717, 1.165) is 6.07 Å². The summed E-state index contributed by atoms with van der Waals surface area (Å²) in [6.45, 7) is 0. The highest BCUT2D eigenvalue weighted by molar-refractivity contribution is 6.12. The number of nitrogen functional groups attached to an aromatic ring is 1. The van der Waals surface area contributed by atoms with Gasteiger partial charge in [-0.2, -0.15) is 0 Å². The summed E-state index contributed by atoms with van der Waals surface area (Å²) in [5.41, 5.74) is 6.69. The van der Waals surface area contributed by atoms with Crippen LogP contribution in [0.4, 0.5) is 10.1 Å². The van der Waals surface area contributed by atoms with Crippen molar-refractivity contribution in [2.45, 2.75) is 0 Å². The molecule has 0 amide bonds. The van der Waals surface area contributed by atoms with E-state index < -0.39 is 5.82 Å². The second kappa shape index (κ2) is 4.87. The second-order valence-electron chi connectivity index (χ2n) is 3.77. The number of ether oxygens (including phenoxy) is 1. The highest BCUT2D eigenvalue weighted by Gasteiger charge is 2.14. The molecule has 2 rings (SSSR count). The summed E-state index contributed by atoms with van der Waals surface area (Å²) in [4.78, 5) is 12.1. The molecule has 0 bridgehead atoms. The Morgan fingerprint density at radius 1 is 1.22 bits per heavy atom. The molecule has 92 valence electrons. The maximum atomic E-state index is 13.5. The molecule has 0 aliphatic carbocycles. The fraction of sp³-hybridized carbons (Fsp3) is 0.0714. The van der Waals surface area contributed by atoms with Gasteiger partial charge in [0.05, 0.1) is 7.11 Å². The molecule has 0 fully saturated rings.